The van der Waals surface area contributed by atoms with Gasteiger partial charge in [0, 0.05) is 6.54 Å². The first-order chi connectivity index (χ1) is 9.90. The summed E-state index contributed by atoms with van der Waals surface area (Å²) in [5.41, 5.74) is 0.592. The van der Waals surface area contributed by atoms with Crippen molar-refractivity contribution in [3.8, 4) is 0 Å². The average molecular weight is 289 g/mol. The number of nitrogens with zero attached hydrogens (tertiary/aromatic N) is 1. The Labute approximate surface area is 126 Å². The van der Waals surface area contributed by atoms with Gasteiger partial charge >= 0.3 is 5.97 Å². The molecule has 114 valence electrons. The summed E-state index contributed by atoms with van der Waals surface area (Å²) in [6.07, 6.45) is 2.32. The molecule has 0 radical (unpaired) electrons. The topological polar surface area (TPSA) is 46.6 Å². The number of rotatable bonds is 4. The van der Waals surface area contributed by atoms with Crippen LogP contribution >= 0.6 is 0 Å². The van der Waals surface area contributed by atoms with E-state index in [2.05, 4.69) is 0 Å². The monoisotopic (exact) mass is 289 g/mol. The molecule has 1 heterocycles. The maximum Gasteiger partial charge on any atom is 0.323 e. The van der Waals surface area contributed by atoms with Crippen molar-refractivity contribution in [3.05, 3.63) is 35.9 Å². The number of aldehydes is 1. The van der Waals surface area contributed by atoms with Gasteiger partial charge in [0.15, 0.2) is 0 Å². The van der Waals surface area contributed by atoms with Crippen LogP contribution in [0.1, 0.15) is 39.2 Å². The fraction of sp³-hybridized carbons (Fsp3) is 0.529. The van der Waals surface area contributed by atoms with E-state index in [0.29, 0.717) is 19.4 Å². The zero-order valence-electron chi connectivity index (χ0n) is 12.9. The minimum Gasteiger partial charge on any atom is -0.459 e. The standard InChI is InChI=1S/C17H23NO3/c1-17(2,3)21-16(20)15-10-9-14(12-19)18(15)11-13-7-5-4-6-8-13/h4-8,12,14-15H,9-11H2,1-3H3/t14-,15+/m1/s1. The Morgan fingerprint density at radius 3 is 2.52 bits per heavy atom. The van der Waals surface area contributed by atoms with Gasteiger partial charge in [0.25, 0.3) is 0 Å². The fourth-order valence-corrected chi connectivity index (χ4v) is 2.68. The number of hydrogen-bond acceptors (Lipinski definition) is 4. The SMILES string of the molecule is CC(C)(C)OC(=O)[C@@H]1CC[C@H](C=O)N1Cc1ccccc1. The number of ether oxygens (including phenoxy) is 1. The van der Waals surface area contributed by atoms with Crippen molar-refractivity contribution < 1.29 is 14.3 Å². The van der Waals surface area contributed by atoms with E-state index >= 15 is 0 Å². The molecule has 4 heteroatoms. The lowest BCUT2D eigenvalue weighted by Gasteiger charge is -2.29. The predicted octanol–water partition coefficient (Wildman–Crippen LogP) is 2.56. The third-order valence-electron chi connectivity index (χ3n) is 3.61. The molecule has 0 aliphatic carbocycles. The highest BCUT2D eigenvalue weighted by molar-refractivity contribution is 5.78. The molecular formula is C17H23NO3. The lowest BCUT2D eigenvalue weighted by molar-refractivity contribution is -0.161. The van der Waals surface area contributed by atoms with Crippen LogP contribution in [0.15, 0.2) is 30.3 Å². The van der Waals surface area contributed by atoms with Crippen LogP contribution in [-0.4, -0.2) is 34.8 Å². The fourth-order valence-electron chi connectivity index (χ4n) is 2.68. The maximum absolute atomic E-state index is 12.3. The van der Waals surface area contributed by atoms with Gasteiger partial charge in [0.1, 0.15) is 17.9 Å². The van der Waals surface area contributed by atoms with Gasteiger partial charge < -0.3 is 9.53 Å². The Morgan fingerprint density at radius 1 is 1.29 bits per heavy atom. The van der Waals surface area contributed by atoms with Gasteiger partial charge in [-0.25, -0.2) is 0 Å². The van der Waals surface area contributed by atoms with Gasteiger partial charge in [0.05, 0.1) is 6.04 Å². The third-order valence-corrected chi connectivity index (χ3v) is 3.61. The first-order valence-corrected chi connectivity index (χ1v) is 7.38. The second kappa shape index (κ2) is 6.39. The summed E-state index contributed by atoms with van der Waals surface area (Å²) < 4.78 is 5.49. The van der Waals surface area contributed by atoms with Gasteiger partial charge in [-0.3, -0.25) is 9.69 Å². The van der Waals surface area contributed by atoms with E-state index in [9.17, 15) is 9.59 Å². The number of hydrogen-bond donors (Lipinski definition) is 0. The molecule has 0 spiro atoms. The Kier molecular flexibility index (Phi) is 4.78. The van der Waals surface area contributed by atoms with E-state index in [-0.39, 0.29) is 18.1 Å². The van der Waals surface area contributed by atoms with Crippen molar-refractivity contribution in [1.82, 2.24) is 4.90 Å². The minimum atomic E-state index is -0.505. The van der Waals surface area contributed by atoms with Crippen LogP contribution in [0.2, 0.25) is 0 Å². The van der Waals surface area contributed by atoms with E-state index in [4.69, 9.17) is 4.74 Å². The highest BCUT2D eigenvalue weighted by Gasteiger charge is 2.39. The van der Waals surface area contributed by atoms with E-state index in [1.54, 1.807) is 0 Å². The summed E-state index contributed by atoms with van der Waals surface area (Å²) in [6.45, 7) is 6.17. The molecule has 1 saturated heterocycles. The first-order valence-electron chi connectivity index (χ1n) is 7.38. The van der Waals surface area contributed by atoms with Gasteiger partial charge in [0.2, 0.25) is 0 Å². The van der Waals surface area contributed by atoms with Crippen molar-refractivity contribution in [3.63, 3.8) is 0 Å². The largest absolute Gasteiger partial charge is 0.459 e. The van der Waals surface area contributed by atoms with Crippen LogP contribution in [0.5, 0.6) is 0 Å². The lowest BCUT2D eigenvalue weighted by Crippen LogP contribution is -2.43. The summed E-state index contributed by atoms with van der Waals surface area (Å²) in [7, 11) is 0. The molecule has 1 aromatic rings. The number of carbonyl (C=O) groups is 2. The number of carbonyl (C=O) groups excluding carboxylic acids is 2. The quantitative estimate of drug-likeness (QED) is 0.631. The number of likely N-dealkylation sites (tertiary alicyclic amines) is 1. The summed E-state index contributed by atoms with van der Waals surface area (Å²) in [5.74, 6) is -0.234. The van der Waals surface area contributed by atoms with Crippen molar-refractivity contribution >= 4 is 12.3 Å². The van der Waals surface area contributed by atoms with Crippen LogP contribution in [0, 0.1) is 0 Å². The maximum atomic E-state index is 12.3. The van der Waals surface area contributed by atoms with Gasteiger partial charge in [-0.1, -0.05) is 30.3 Å². The molecule has 1 aromatic carbocycles. The average Bonchev–Trinajstić information content (AvgIpc) is 2.81. The molecule has 0 amide bonds. The molecule has 0 saturated carbocycles. The Balaban J connectivity index is 2.13. The van der Waals surface area contributed by atoms with Crippen LogP contribution in [0.25, 0.3) is 0 Å². The zero-order chi connectivity index (χ0) is 15.5. The van der Waals surface area contributed by atoms with E-state index in [1.807, 2.05) is 56.0 Å². The predicted molar refractivity (Wildman–Crippen MR) is 80.7 cm³/mol. The molecule has 1 aliphatic heterocycles. The third kappa shape index (κ3) is 4.14. The van der Waals surface area contributed by atoms with Crippen molar-refractivity contribution in [2.24, 2.45) is 0 Å². The summed E-state index contributed by atoms with van der Waals surface area (Å²) >= 11 is 0. The Hall–Kier alpha value is -1.68. The number of benzene rings is 1. The molecule has 1 aliphatic rings. The summed E-state index contributed by atoms with van der Waals surface area (Å²) in [6, 6.07) is 9.35. The second-order valence-electron chi connectivity index (χ2n) is 6.49. The minimum absolute atomic E-state index is 0.206. The van der Waals surface area contributed by atoms with Crippen LogP contribution in [0.4, 0.5) is 0 Å². The van der Waals surface area contributed by atoms with E-state index < -0.39 is 5.60 Å². The summed E-state index contributed by atoms with van der Waals surface area (Å²) in [4.78, 5) is 25.6. The molecule has 21 heavy (non-hydrogen) atoms. The molecular weight excluding hydrogens is 266 g/mol. The molecule has 4 nitrogen and oxygen atoms in total. The smallest absolute Gasteiger partial charge is 0.323 e. The first kappa shape index (κ1) is 15.7. The Morgan fingerprint density at radius 2 is 1.95 bits per heavy atom. The Bertz CT molecular complexity index is 493. The number of esters is 1. The lowest BCUT2D eigenvalue weighted by atomic mass is 10.1. The molecule has 0 aromatic heterocycles. The normalized spacial score (nSPS) is 23.0. The molecule has 2 rings (SSSR count). The zero-order valence-corrected chi connectivity index (χ0v) is 12.9. The highest BCUT2D eigenvalue weighted by atomic mass is 16.6. The van der Waals surface area contributed by atoms with Crippen molar-refractivity contribution in [1.29, 1.82) is 0 Å². The van der Waals surface area contributed by atoms with E-state index in [0.717, 1.165) is 11.8 Å². The van der Waals surface area contributed by atoms with Gasteiger partial charge in [-0.05, 0) is 39.2 Å². The van der Waals surface area contributed by atoms with Gasteiger partial charge in [-0.2, -0.15) is 0 Å². The molecule has 0 bridgehead atoms. The summed E-state index contributed by atoms with van der Waals surface area (Å²) in [5, 5.41) is 0. The molecule has 0 unspecified atom stereocenters. The highest BCUT2D eigenvalue weighted by Crippen LogP contribution is 2.27. The van der Waals surface area contributed by atoms with Crippen molar-refractivity contribution in [2.45, 2.75) is 57.8 Å². The van der Waals surface area contributed by atoms with Gasteiger partial charge in [-0.15, -0.1) is 0 Å². The van der Waals surface area contributed by atoms with Crippen LogP contribution < -0.4 is 0 Å². The van der Waals surface area contributed by atoms with Crippen LogP contribution in [-0.2, 0) is 20.9 Å². The molecule has 0 N–H and O–H groups in total. The van der Waals surface area contributed by atoms with Crippen molar-refractivity contribution in [2.75, 3.05) is 0 Å². The van der Waals surface area contributed by atoms with Crippen LogP contribution in [0.3, 0.4) is 0 Å². The molecule has 2 atom stereocenters. The van der Waals surface area contributed by atoms with E-state index in [1.165, 1.54) is 0 Å². The second-order valence-corrected chi connectivity index (χ2v) is 6.49. The molecule has 1 fully saturated rings.